The van der Waals surface area contributed by atoms with Crippen LogP contribution in [0.2, 0.25) is 0 Å². The Balaban J connectivity index is 1.59. The summed E-state index contributed by atoms with van der Waals surface area (Å²) in [7, 11) is 2.18. The largest absolute Gasteiger partial charge is 0.375 e. The maximum Gasteiger partial charge on any atom is 0.123 e. The lowest BCUT2D eigenvalue weighted by Crippen LogP contribution is -2.46. The summed E-state index contributed by atoms with van der Waals surface area (Å²) in [6.45, 7) is 6.01. The van der Waals surface area contributed by atoms with Crippen LogP contribution >= 0.6 is 0 Å². The molecule has 0 amide bonds. The van der Waals surface area contributed by atoms with E-state index < -0.39 is 0 Å². The molecule has 3 nitrogen and oxygen atoms in total. The molecule has 20 heavy (non-hydrogen) atoms. The fourth-order valence-corrected chi connectivity index (χ4v) is 3.27. The van der Waals surface area contributed by atoms with Gasteiger partial charge >= 0.3 is 0 Å². The normalized spacial score (nSPS) is 28.9. The van der Waals surface area contributed by atoms with Gasteiger partial charge < -0.3 is 9.64 Å². The number of likely N-dealkylation sites (tertiary alicyclic amines) is 1. The molecule has 0 bridgehead atoms. The summed E-state index contributed by atoms with van der Waals surface area (Å²) < 4.78 is 19.0. The Morgan fingerprint density at radius 1 is 1.20 bits per heavy atom. The molecule has 2 fully saturated rings. The van der Waals surface area contributed by atoms with E-state index in [1.54, 1.807) is 12.1 Å². The molecule has 0 spiro atoms. The highest BCUT2D eigenvalue weighted by atomic mass is 19.1. The first kappa shape index (κ1) is 14.0. The summed E-state index contributed by atoms with van der Waals surface area (Å²) in [6, 6.07) is 6.84. The van der Waals surface area contributed by atoms with Crippen molar-refractivity contribution >= 4 is 0 Å². The van der Waals surface area contributed by atoms with Crippen molar-refractivity contribution < 1.29 is 9.13 Å². The molecular formula is C16H23FN2O. The molecule has 2 atom stereocenters. The molecule has 0 aromatic heterocycles. The van der Waals surface area contributed by atoms with Gasteiger partial charge in [-0.1, -0.05) is 12.1 Å². The molecule has 3 rings (SSSR count). The Morgan fingerprint density at radius 2 is 2.00 bits per heavy atom. The average molecular weight is 278 g/mol. The highest BCUT2D eigenvalue weighted by molar-refractivity contribution is 5.16. The third kappa shape index (κ3) is 3.37. The minimum atomic E-state index is -0.164. The summed E-state index contributed by atoms with van der Waals surface area (Å²) in [6.07, 6.45) is 1.55. The van der Waals surface area contributed by atoms with E-state index in [-0.39, 0.29) is 5.82 Å². The first-order valence-corrected chi connectivity index (χ1v) is 7.47. The van der Waals surface area contributed by atoms with E-state index in [1.807, 2.05) is 12.1 Å². The van der Waals surface area contributed by atoms with Gasteiger partial charge in [0.05, 0.1) is 12.7 Å². The standard InChI is InChI=1S/C16H23FN2O/c1-18-8-9-20-16-12-19(7-6-14(16)11-18)10-13-2-4-15(17)5-3-13/h2-5,14,16H,6-12H2,1H3/t14-,16-/m1/s1. The summed E-state index contributed by atoms with van der Waals surface area (Å²) in [5.41, 5.74) is 1.18. The monoisotopic (exact) mass is 278 g/mol. The van der Waals surface area contributed by atoms with Crippen LogP contribution in [0.4, 0.5) is 4.39 Å². The van der Waals surface area contributed by atoms with Crippen molar-refractivity contribution in [3.63, 3.8) is 0 Å². The third-order valence-corrected chi connectivity index (χ3v) is 4.45. The highest BCUT2D eigenvalue weighted by Crippen LogP contribution is 2.24. The van der Waals surface area contributed by atoms with E-state index in [9.17, 15) is 4.39 Å². The van der Waals surface area contributed by atoms with Gasteiger partial charge in [-0.3, -0.25) is 4.90 Å². The van der Waals surface area contributed by atoms with Crippen molar-refractivity contribution in [1.29, 1.82) is 0 Å². The van der Waals surface area contributed by atoms with Crippen LogP contribution in [0.3, 0.4) is 0 Å². The zero-order valence-corrected chi connectivity index (χ0v) is 12.1. The van der Waals surface area contributed by atoms with E-state index in [1.165, 1.54) is 12.0 Å². The number of hydrogen-bond acceptors (Lipinski definition) is 3. The van der Waals surface area contributed by atoms with Gasteiger partial charge in [-0.25, -0.2) is 4.39 Å². The molecule has 110 valence electrons. The third-order valence-electron chi connectivity index (χ3n) is 4.45. The topological polar surface area (TPSA) is 15.7 Å². The van der Waals surface area contributed by atoms with Crippen molar-refractivity contribution in [2.75, 3.05) is 39.8 Å². The van der Waals surface area contributed by atoms with Crippen LogP contribution < -0.4 is 0 Å². The minimum absolute atomic E-state index is 0.164. The minimum Gasteiger partial charge on any atom is -0.375 e. The highest BCUT2D eigenvalue weighted by Gasteiger charge is 2.32. The summed E-state index contributed by atoms with van der Waals surface area (Å²) in [5, 5.41) is 0. The number of hydrogen-bond donors (Lipinski definition) is 0. The van der Waals surface area contributed by atoms with Gasteiger partial charge in [-0.15, -0.1) is 0 Å². The Hall–Kier alpha value is -0.970. The first-order valence-electron chi connectivity index (χ1n) is 7.47. The molecule has 0 radical (unpaired) electrons. The lowest BCUT2D eigenvalue weighted by molar-refractivity contribution is -0.0241. The smallest absolute Gasteiger partial charge is 0.123 e. The van der Waals surface area contributed by atoms with Gasteiger partial charge in [-0.2, -0.15) is 0 Å². The number of nitrogens with zero attached hydrogens (tertiary/aromatic N) is 2. The number of halogens is 1. The summed E-state index contributed by atoms with van der Waals surface area (Å²) in [4.78, 5) is 4.81. The first-order chi connectivity index (χ1) is 9.70. The lowest BCUT2D eigenvalue weighted by Gasteiger charge is -2.37. The summed E-state index contributed by atoms with van der Waals surface area (Å²) in [5.74, 6) is 0.495. The Labute approximate surface area is 120 Å². The van der Waals surface area contributed by atoms with Crippen LogP contribution in [0.5, 0.6) is 0 Å². The molecule has 2 aliphatic heterocycles. The molecule has 0 N–H and O–H groups in total. The van der Waals surface area contributed by atoms with Crippen molar-refractivity contribution in [3.05, 3.63) is 35.6 Å². The van der Waals surface area contributed by atoms with Gasteiger partial charge in [0.25, 0.3) is 0 Å². The zero-order chi connectivity index (χ0) is 13.9. The number of likely N-dealkylation sites (N-methyl/N-ethyl adjacent to an activating group) is 1. The maximum atomic E-state index is 12.9. The molecule has 2 heterocycles. The van der Waals surface area contributed by atoms with Crippen molar-refractivity contribution in [1.82, 2.24) is 9.80 Å². The fraction of sp³-hybridized carbons (Fsp3) is 0.625. The zero-order valence-electron chi connectivity index (χ0n) is 12.1. The van der Waals surface area contributed by atoms with E-state index in [0.717, 1.165) is 39.3 Å². The van der Waals surface area contributed by atoms with Crippen LogP contribution in [-0.4, -0.2) is 55.7 Å². The Kier molecular flexibility index (Phi) is 4.34. The van der Waals surface area contributed by atoms with Gasteiger partial charge in [-0.05, 0) is 37.7 Å². The maximum absolute atomic E-state index is 12.9. The average Bonchev–Trinajstić information content (AvgIpc) is 2.62. The molecule has 0 saturated carbocycles. The molecule has 2 aliphatic rings. The molecule has 4 heteroatoms. The second-order valence-corrected chi connectivity index (χ2v) is 6.08. The molecule has 2 saturated heterocycles. The lowest BCUT2D eigenvalue weighted by atomic mass is 9.93. The van der Waals surface area contributed by atoms with Gasteiger partial charge in [0.1, 0.15) is 5.82 Å². The van der Waals surface area contributed by atoms with E-state index in [4.69, 9.17) is 4.74 Å². The fourth-order valence-electron chi connectivity index (χ4n) is 3.27. The molecule has 1 aromatic carbocycles. The second kappa shape index (κ2) is 6.20. The SMILES string of the molecule is CN1CCO[C@@H]2CN(Cc3ccc(F)cc3)CC[C@@H]2C1. The molecule has 0 aliphatic carbocycles. The summed E-state index contributed by atoms with van der Waals surface area (Å²) >= 11 is 0. The number of rotatable bonds is 2. The number of ether oxygens (including phenoxy) is 1. The molecular weight excluding hydrogens is 255 g/mol. The van der Waals surface area contributed by atoms with Crippen LogP contribution in [0, 0.1) is 11.7 Å². The molecule has 1 aromatic rings. The molecule has 0 unspecified atom stereocenters. The van der Waals surface area contributed by atoms with Gasteiger partial charge in [0.15, 0.2) is 0 Å². The van der Waals surface area contributed by atoms with Crippen molar-refractivity contribution in [2.24, 2.45) is 5.92 Å². The van der Waals surface area contributed by atoms with Gasteiger partial charge in [0.2, 0.25) is 0 Å². The Bertz CT molecular complexity index is 437. The second-order valence-electron chi connectivity index (χ2n) is 6.08. The predicted molar refractivity (Wildman–Crippen MR) is 77.0 cm³/mol. The predicted octanol–water partition coefficient (Wildman–Crippen LogP) is 1.98. The van der Waals surface area contributed by atoms with Crippen LogP contribution in [0.1, 0.15) is 12.0 Å². The van der Waals surface area contributed by atoms with Crippen molar-refractivity contribution in [3.8, 4) is 0 Å². The van der Waals surface area contributed by atoms with Gasteiger partial charge in [0, 0.05) is 32.1 Å². The Morgan fingerprint density at radius 3 is 2.80 bits per heavy atom. The van der Waals surface area contributed by atoms with E-state index in [0.29, 0.717) is 12.0 Å². The van der Waals surface area contributed by atoms with Crippen LogP contribution in [0.25, 0.3) is 0 Å². The van der Waals surface area contributed by atoms with Crippen LogP contribution in [-0.2, 0) is 11.3 Å². The number of fused-ring (bicyclic) bond motifs is 1. The number of benzene rings is 1. The van der Waals surface area contributed by atoms with Crippen molar-refractivity contribution in [2.45, 2.75) is 19.1 Å². The van der Waals surface area contributed by atoms with E-state index in [2.05, 4.69) is 16.8 Å². The number of piperidine rings is 1. The van der Waals surface area contributed by atoms with Crippen LogP contribution in [0.15, 0.2) is 24.3 Å². The quantitative estimate of drug-likeness (QED) is 0.823. The van der Waals surface area contributed by atoms with E-state index >= 15 is 0 Å².